The second-order valence-electron chi connectivity index (χ2n) is 5.25. The number of aliphatic hydroxyl groups excluding tert-OH is 1. The van der Waals surface area contributed by atoms with Crippen LogP contribution in [0.4, 0.5) is 0 Å². The van der Waals surface area contributed by atoms with Crippen molar-refractivity contribution in [2.75, 3.05) is 6.61 Å². The minimum atomic E-state index is -0.653. The standard InChI is InChI=1S/C17H17BrO2/c1-11-8-13(10-14(18)9-11)16(19)15-6-2-4-12-5-3-7-20-17(12)15/h2,4,6,8-10,16,19H,3,5,7H2,1H3. The molecule has 1 atom stereocenters. The van der Waals surface area contributed by atoms with Gasteiger partial charge in [0.1, 0.15) is 11.9 Å². The van der Waals surface area contributed by atoms with Crippen molar-refractivity contribution in [3.05, 3.63) is 63.1 Å². The third-order valence-electron chi connectivity index (χ3n) is 3.64. The highest BCUT2D eigenvalue weighted by Crippen LogP contribution is 2.36. The lowest BCUT2D eigenvalue weighted by Gasteiger charge is -2.23. The molecule has 0 spiro atoms. The van der Waals surface area contributed by atoms with Gasteiger partial charge in [0.15, 0.2) is 0 Å². The summed E-state index contributed by atoms with van der Waals surface area (Å²) in [5.41, 5.74) is 4.07. The highest BCUT2D eigenvalue weighted by atomic mass is 79.9. The molecule has 3 heteroatoms. The van der Waals surface area contributed by atoms with Crippen LogP contribution in [0.15, 0.2) is 40.9 Å². The van der Waals surface area contributed by atoms with Crippen LogP contribution in [0.25, 0.3) is 0 Å². The quantitative estimate of drug-likeness (QED) is 0.894. The molecule has 1 unspecified atom stereocenters. The predicted octanol–water partition coefficient (Wildman–Crippen LogP) is 4.16. The van der Waals surface area contributed by atoms with E-state index in [1.807, 2.05) is 37.3 Å². The maximum Gasteiger partial charge on any atom is 0.128 e. The van der Waals surface area contributed by atoms with Crippen LogP contribution in [0, 0.1) is 6.92 Å². The molecule has 0 saturated heterocycles. The number of hydrogen-bond donors (Lipinski definition) is 1. The molecule has 1 heterocycles. The van der Waals surface area contributed by atoms with Crippen LogP contribution < -0.4 is 4.74 Å². The van der Waals surface area contributed by atoms with Gasteiger partial charge in [-0.15, -0.1) is 0 Å². The van der Waals surface area contributed by atoms with E-state index in [0.717, 1.165) is 46.4 Å². The topological polar surface area (TPSA) is 29.5 Å². The van der Waals surface area contributed by atoms with Crippen LogP contribution in [-0.4, -0.2) is 11.7 Å². The molecule has 2 aromatic carbocycles. The number of fused-ring (bicyclic) bond motifs is 1. The monoisotopic (exact) mass is 332 g/mol. The van der Waals surface area contributed by atoms with Gasteiger partial charge in [0.05, 0.1) is 6.61 Å². The molecule has 1 aliphatic rings. The molecule has 1 N–H and O–H groups in total. The van der Waals surface area contributed by atoms with Crippen molar-refractivity contribution in [1.82, 2.24) is 0 Å². The number of benzene rings is 2. The van der Waals surface area contributed by atoms with Crippen LogP contribution in [0.2, 0.25) is 0 Å². The van der Waals surface area contributed by atoms with Crippen molar-refractivity contribution >= 4 is 15.9 Å². The van der Waals surface area contributed by atoms with E-state index in [1.54, 1.807) is 0 Å². The lowest BCUT2D eigenvalue weighted by Crippen LogP contribution is -2.12. The van der Waals surface area contributed by atoms with E-state index in [1.165, 1.54) is 5.56 Å². The molecule has 0 fully saturated rings. The largest absolute Gasteiger partial charge is 0.493 e. The van der Waals surface area contributed by atoms with Crippen LogP contribution in [0.5, 0.6) is 5.75 Å². The molecule has 2 aromatic rings. The number of hydrogen-bond acceptors (Lipinski definition) is 2. The van der Waals surface area contributed by atoms with Gasteiger partial charge < -0.3 is 9.84 Å². The summed E-state index contributed by atoms with van der Waals surface area (Å²) in [6, 6.07) is 12.0. The van der Waals surface area contributed by atoms with Gasteiger partial charge in [-0.05, 0) is 48.6 Å². The average molecular weight is 333 g/mol. The lowest BCUT2D eigenvalue weighted by molar-refractivity contribution is 0.206. The number of ether oxygens (including phenoxy) is 1. The van der Waals surface area contributed by atoms with Gasteiger partial charge >= 0.3 is 0 Å². The van der Waals surface area contributed by atoms with Gasteiger partial charge in [0.2, 0.25) is 0 Å². The van der Waals surface area contributed by atoms with Crippen molar-refractivity contribution in [2.45, 2.75) is 25.9 Å². The van der Waals surface area contributed by atoms with E-state index in [-0.39, 0.29) is 0 Å². The van der Waals surface area contributed by atoms with Gasteiger partial charge in [-0.3, -0.25) is 0 Å². The number of halogens is 1. The second kappa shape index (κ2) is 5.58. The Balaban J connectivity index is 2.04. The molecule has 0 aromatic heterocycles. The molecule has 3 rings (SSSR count). The predicted molar refractivity (Wildman–Crippen MR) is 83.2 cm³/mol. The molecular weight excluding hydrogens is 316 g/mol. The van der Waals surface area contributed by atoms with E-state index in [4.69, 9.17) is 4.74 Å². The van der Waals surface area contributed by atoms with Gasteiger partial charge in [0.25, 0.3) is 0 Å². The molecule has 0 bridgehead atoms. The molecule has 1 aliphatic heterocycles. The fourth-order valence-corrected chi connectivity index (χ4v) is 3.36. The zero-order valence-corrected chi connectivity index (χ0v) is 13.0. The van der Waals surface area contributed by atoms with Crippen molar-refractivity contribution in [3.63, 3.8) is 0 Å². The summed E-state index contributed by atoms with van der Waals surface area (Å²) in [6.07, 6.45) is 1.41. The minimum absolute atomic E-state index is 0.653. The Morgan fingerprint density at radius 2 is 2.10 bits per heavy atom. The van der Waals surface area contributed by atoms with Gasteiger partial charge in [-0.2, -0.15) is 0 Å². The average Bonchev–Trinajstić information content (AvgIpc) is 2.45. The number of para-hydroxylation sites is 1. The first-order valence-electron chi connectivity index (χ1n) is 6.85. The third-order valence-corrected chi connectivity index (χ3v) is 4.10. The van der Waals surface area contributed by atoms with E-state index in [0.29, 0.717) is 0 Å². The lowest BCUT2D eigenvalue weighted by atomic mass is 9.95. The first kappa shape index (κ1) is 13.7. The van der Waals surface area contributed by atoms with E-state index >= 15 is 0 Å². The summed E-state index contributed by atoms with van der Waals surface area (Å²) in [6.45, 7) is 2.76. The number of aryl methyl sites for hydroxylation is 2. The van der Waals surface area contributed by atoms with Crippen LogP contribution >= 0.6 is 15.9 Å². The highest BCUT2D eigenvalue weighted by molar-refractivity contribution is 9.10. The summed E-state index contributed by atoms with van der Waals surface area (Å²) < 4.78 is 6.77. The summed E-state index contributed by atoms with van der Waals surface area (Å²) in [4.78, 5) is 0. The molecular formula is C17H17BrO2. The Labute approximate surface area is 127 Å². The van der Waals surface area contributed by atoms with Crippen molar-refractivity contribution < 1.29 is 9.84 Å². The summed E-state index contributed by atoms with van der Waals surface area (Å²) in [5.74, 6) is 0.865. The summed E-state index contributed by atoms with van der Waals surface area (Å²) in [7, 11) is 0. The van der Waals surface area contributed by atoms with Crippen molar-refractivity contribution in [3.8, 4) is 5.75 Å². The van der Waals surface area contributed by atoms with Crippen LogP contribution in [0.1, 0.15) is 34.8 Å². The first-order valence-corrected chi connectivity index (χ1v) is 7.64. The van der Waals surface area contributed by atoms with Crippen LogP contribution in [-0.2, 0) is 6.42 Å². The third kappa shape index (κ3) is 2.60. The zero-order chi connectivity index (χ0) is 14.1. The molecule has 0 aliphatic carbocycles. The Kier molecular flexibility index (Phi) is 3.81. The number of aliphatic hydroxyl groups is 1. The molecule has 20 heavy (non-hydrogen) atoms. The molecule has 0 amide bonds. The van der Waals surface area contributed by atoms with Crippen LogP contribution in [0.3, 0.4) is 0 Å². The Bertz CT molecular complexity index is 617. The normalized spacial score (nSPS) is 15.3. The van der Waals surface area contributed by atoms with E-state index < -0.39 is 6.10 Å². The molecule has 104 valence electrons. The van der Waals surface area contributed by atoms with Crippen molar-refractivity contribution in [2.24, 2.45) is 0 Å². The van der Waals surface area contributed by atoms with E-state index in [2.05, 4.69) is 22.0 Å². The SMILES string of the molecule is Cc1cc(Br)cc(C(O)c2cccc3c2OCCC3)c1. The fraction of sp³-hybridized carbons (Fsp3) is 0.294. The summed E-state index contributed by atoms with van der Waals surface area (Å²) >= 11 is 3.49. The fourth-order valence-electron chi connectivity index (χ4n) is 2.73. The highest BCUT2D eigenvalue weighted by Gasteiger charge is 2.21. The Morgan fingerprint density at radius 1 is 1.25 bits per heavy atom. The van der Waals surface area contributed by atoms with Gasteiger partial charge in [-0.1, -0.05) is 40.2 Å². The summed E-state index contributed by atoms with van der Waals surface area (Å²) in [5, 5.41) is 10.7. The van der Waals surface area contributed by atoms with Gasteiger partial charge in [-0.25, -0.2) is 0 Å². The smallest absolute Gasteiger partial charge is 0.128 e. The zero-order valence-electron chi connectivity index (χ0n) is 11.4. The Morgan fingerprint density at radius 3 is 2.90 bits per heavy atom. The second-order valence-corrected chi connectivity index (χ2v) is 6.17. The minimum Gasteiger partial charge on any atom is -0.493 e. The maximum absolute atomic E-state index is 10.7. The van der Waals surface area contributed by atoms with Crippen molar-refractivity contribution in [1.29, 1.82) is 0 Å². The number of rotatable bonds is 2. The molecule has 0 radical (unpaired) electrons. The molecule has 2 nitrogen and oxygen atoms in total. The first-order chi connectivity index (χ1) is 9.65. The maximum atomic E-state index is 10.7. The van der Waals surface area contributed by atoms with Gasteiger partial charge in [0, 0.05) is 10.0 Å². The van der Waals surface area contributed by atoms with E-state index in [9.17, 15) is 5.11 Å². The Hall–Kier alpha value is -1.32. The molecule has 0 saturated carbocycles.